The highest BCUT2D eigenvalue weighted by Crippen LogP contribution is 2.22. The maximum absolute atomic E-state index is 13.3. The molecule has 2 aromatic carbocycles. The average Bonchev–Trinajstić information content (AvgIpc) is 2.97. The number of anilines is 2. The summed E-state index contributed by atoms with van der Waals surface area (Å²) in [7, 11) is 0. The fourth-order valence-electron chi connectivity index (χ4n) is 2.85. The summed E-state index contributed by atoms with van der Waals surface area (Å²) >= 11 is 0. The van der Waals surface area contributed by atoms with Crippen LogP contribution in [0.4, 0.5) is 20.6 Å². The molecule has 136 valence electrons. The van der Waals surface area contributed by atoms with Gasteiger partial charge in [-0.3, -0.25) is 4.79 Å². The molecule has 1 atom stereocenters. The summed E-state index contributed by atoms with van der Waals surface area (Å²) in [6.07, 6.45) is 0.174. The van der Waals surface area contributed by atoms with Crippen molar-refractivity contribution in [3.63, 3.8) is 0 Å². The third kappa shape index (κ3) is 4.30. The van der Waals surface area contributed by atoms with Gasteiger partial charge in [-0.15, -0.1) is 0 Å². The monoisotopic (exact) mass is 357 g/mol. The molecule has 1 heterocycles. The molecule has 7 heteroatoms. The Morgan fingerprint density at radius 2 is 2.04 bits per heavy atom. The maximum Gasteiger partial charge on any atom is 0.319 e. The summed E-state index contributed by atoms with van der Waals surface area (Å²) in [5, 5.41) is 5.50. The van der Waals surface area contributed by atoms with Crippen molar-refractivity contribution >= 4 is 23.3 Å². The maximum atomic E-state index is 13.3. The molecule has 0 bridgehead atoms. The molecule has 0 spiro atoms. The van der Waals surface area contributed by atoms with Gasteiger partial charge < -0.3 is 20.3 Å². The Morgan fingerprint density at radius 3 is 2.73 bits per heavy atom. The number of hydrogen-bond acceptors (Lipinski definition) is 3. The molecule has 26 heavy (non-hydrogen) atoms. The second-order valence-corrected chi connectivity index (χ2v) is 5.94. The van der Waals surface area contributed by atoms with Crippen molar-refractivity contribution in [1.82, 2.24) is 5.32 Å². The van der Waals surface area contributed by atoms with E-state index in [4.69, 9.17) is 4.74 Å². The highest BCUT2D eigenvalue weighted by molar-refractivity contribution is 5.97. The van der Waals surface area contributed by atoms with E-state index in [1.807, 2.05) is 6.92 Å². The third-order valence-electron chi connectivity index (χ3n) is 4.00. The Kier molecular flexibility index (Phi) is 5.36. The molecule has 6 nitrogen and oxygen atoms in total. The Balaban J connectivity index is 1.56. The number of rotatable bonds is 5. The highest BCUT2D eigenvalue weighted by atomic mass is 19.1. The number of benzene rings is 2. The molecule has 3 rings (SSSR count). The first-order valence-electron chi connectivity index (χ1n) is 8.41. The van der Waals surface area contributed by atoms with Gasteiger partial charge in [-0.05, 0) is 49.4 Å². The SMILES string of the molecule is CCOc1ccc(NC(=O)N[C@H]2CC(=O)N(c3cccc(F)c3)C2)cc1. The minimum atomic E-state index is -0.403. The predicted octanol–water partition coefficient (Wildman–Crippen LogP) is 3.15. The first-order valence-corrected chi connectivity index (χ1v) is 8.41. The Labute approximate surface area is 150 Å². The van der Waals surface area contributed by atoms with Crippen LogP contribution in [0.15, 0.2) is 48.5 Å². The van der Waals surface area contributed by atoms with Gasteiger partial charge in [0.1, 0.15) is 11.6 Å². The number of halogens is 1. The lowest BCUT2D eigenvalue weighted by Crippen LogP contribution is -2.39. The van der Waals surface area contributed by atoms with Crippen molar-refractivity contribution in [3.8, 4) is 5.75 Å². The predicted molar refractivity (Wildman–Crippen MR) is 96.9 cm³/mol. The lowest BCUT2D eigenvalue weighted by Gasteiger charge is -2.17. The zero-order chi connectivity index (χ0) is 18.5. The number of nitrogens with zero attached hydrogens (tertiary/aromatic N) is 1. The minimum absolute atomic E-state index is 0.151. The summed E-state index contributed by atoms with van der Waals surface area (Å²) in [6.45, 7) is 2.78. The third-order valence-corrected chi connectivity index (χ3v) is 4.00. The second-order valence-electron chi connectivity index (χ2n) is 5.94. The van der Waals surface area contributed by atoms with Gasteiger partial charge in [-0.1, -0.05) is 6.07 Å². The van der Waals surface area contributed by atoms with Crippen molar-refractivity contribution in [3.05, 3.63) is 54.3 Å². The van der Waals surface area contributed by atoms with E-state index in [0.717, 1.165) is 5.75 Å². The Bertz CT molecular complexity index is 795. The van der Waals surface area contributed by atoms with Crippen LogP contribution in [-0.4, -0.2) is 31.1 Å². The van der Waals surface area contributed by atoms with E-state index in [1.165, 1.54) is 17.0 Å². The van der Waals surface area contributed by atoms with E-state index in [9.17, 15) is 14.0 Å². The van der Waals surface area contributed by atoms with Gasteiger partial charge >= 0.3 is 6.03 Å². The smallest absolute Gasteiger partial charge is 0.319 e. The van der Waals surface area contributed by atoms with Crippen LogP contribution in [-0.2, 0) is 4.79 Å². The number of hydrogen-bond donors (Lipinski definition) is 2. The lowest BCUT2D eigenvalue weighted by atomic mass is 10.2. The summed E-state index contributed by atoms with van der Waals surface area (Å²) in [5.74, 6) is 0.174. The lowest BCUT2D eigenvalue weighted by molar-refractivity contribution is -0.117. The zero-order valence-corrected chi connectivity index (χ0v) is 14.4. The zero-order valence-electron chi connectivity index (χ0n) is 14.4. The van der Waals surface area contributed by atoms with Gasteiger partial charge in [0.2, 0.25) is 5.91 Å². The van der Waals surface area contributed by atoms with Gasteiger partial charge in [-0.2, -0.15) is 0 Å². The van der Waals surface area contributed by atoms with Crippen molar-refractivity contribution in [1.29, 1.82) is 0 Å². The van der Waals surface area contributed by atoms with Crippen LogP contribution in [0.2, 0.25) is 0 Å². The normalized spacial score (nSPS) is 16.5. The van der Waals surface area contributed by atoms with Crippen molar-refractivity contribution in [2.24, 2.45) is 0 Å². The molecular formula is C19H20FN3O3. The van der Waals surface area contributed by atoms with Crippen molar-refractivity contribution in [2.45, 2.75) is 19.4 Å². The van der Waals surface area contributed by atoms with Crippen molar-refractivity contribution < 1.29 is 18.7 Å². The standard InChI is InChI=1S/C19H20FN3O3/c1-2-26-17-8-6-14(7-9-17)21-19(25)22-15-11-18(24)23(12-15)16-5-3-4-13(20)10-16/h3-10,15H,2,11-12H2,1H3,(H2,21,22,25)/t15-/m0/s1. The van der Waals surface area contributed by atoms with E-state index in [0.29, 0.717) is 24.5 Å². The molecule has 1 saturated heterocycles. The number of urea groups is 1. The summed E-state index contributed by atoms with van der Waals surface area (Å²) in [5.41, 5.74) is 1.11. The summed E-state index contributed by atoms with van der Waals surface area (Å²) in [4.78, 5) is 25.8. The number of carbonyl (C=O) groups excluding carboxylic acids is 2. The van der Waals surface area contributed by atoms with Gasteiger partial charge in [-0.25, -0.2) is 9.18 Å². The van der Waals surface area contributed by atoms with Crippen LogP contribution in [0.5, 0.6) is 5.75 Å². The molecule has 1 aliphatic heterocycles. The summed E-state index contributed by atoms with van der Waals surface area (Å²) < 4.78 is 18.7. The molecule has 2 N–H and O–H groups in total. The molecular weight excluding hydrogens is 337 g/mol. The fraction of sp³-hybridized carbons (Fsp3) is 0.263. The molecule has 3 amide bonds. The van der Waals surface area contributed by atoms with Gasteiger partial charge in [0.15, 0.2) is 0 Å². The molecule has 0 radical (unpaired) electrons. The van der Waals surface area contributed by atoms with E-state index >= 15 is 0 Å². The van der Waals surface area contributed by atoms with Crippen LogP contribution in [0.3, 0.4) is 0 Å². The second kappa shape index (κ2) is 7.86. The van der Waals surface area contributed by atoms with E-state index in [2.05, 4.69) is 10.6 Å². The van der Waals surface area contributed by atoms with Crippen molar-refractivity contribution in [2.75, 3.05) is 23.4 Å². The van der Waals surface area contributed by atoms with Gasteiger partial charge in [0, 0.05) is 24.3 Å². The molecule has 0 unspecified atom stereocenters. The Morgan fingerprint density at radius 1 is 1.27 bits per heavy atom. The largest absolute Gasteiger partial charge is 0.494 e. The number of nitrogens with one attached hydrogen (secondary N) is 2. The first-order chi connectivity index (χ1) is 12.5. The van der Waals surface area contributed by atoms with E-state index < -0.39 is 11.8 Å². The van der Waals surface area contributed by atoms with Gasteiger partial charge in [0.05, 0.1) is 12.6 Å². The Hall–Kier alpha value is -3.09. The van der Waals surface area contributed by atoms with Gasteiger partial charge in [0.25, 0.3) is 0 Å². The van der Waals surface area contributed by atoms with Crippen LogP contribution < -0.4 is 20.3 Å². The van der Waals surface area contributed by atoms with Crippen LogP contribution in [0, 0.1) is 5.82 Å². The number of carbonyl (C=O) groups is 2. The summed E-state index contributed by atoms with van der Waals surface area (Å²) in [6, 6.07) is 12.1. The number of ether oxygens (including phenoxy) is 1. The molecule has 1 aliphatic rings. The minimum Gasteiger partial charge on any atom is -0.494 e. The molecule has 1 fully saturated rings. The molecule has 0 saturated carbocycles. The van der Waals surface area contributed by atoms with E-state index in [1.54, 1.807) is 36.4 Å². The number of amides is 3. The van der Waals surface area contributed by atoms with E-state index in [-0.39, 0.29) is 18.4 Å². The highest BCUT2D eigenvalue weighted by Gasteiger charge is 2.31. The topological polar surface area (TPSA) is 70.7 Å². The quantitative estimate of drug-likeness (QED) is 0.864. The average molecular weight is 357 g/mol. The molecule has 0 aliphatic carbocycles. The molecule has 0 aromatic heterocycles. The molecule has 2 aromatic rings. The first kappa shape index (κ1) is 17.7. The van der Waals surface area contributed by atoms with Crippen LogP contribution in [0.25, 0.3) is 0 Å². The van der Waals surface area contributed by atoms with Crippen LogP contribution in [0.1, 0.15) is 13.3 Å². The fourth-order valence-corrected chi connectivity index (χ4v) is 2.85. The van der Waals surface area contributed by atoms with Crippen LogP contribution >= 0.6 is 0 Å².